The van der Waals surface area contributed by atoms with Gasteiger partial charge >= 0.3 is 0 Å². The molecule has 24 heavy (non-hydrogen) atoms. The van der Waals surface area contributed by atoms with E-state index < -0.39 is 10.0 Å². The largest absolute Gasteiger partial charge is 0.379 e. The maximum absolute atomic E-state index is 11.3. The van der Waals surface area contributed by atoms with Gasteiger partial charge in [-0.3, -0.25) is 9.89 Å². The number of nitrogens with zero attached hydrogens (tertiary/aromatic N) is 2. The van der Waals surface area contributed by atoms with Crippen molar-refractivity contribution in [3.8, 4) is 0 Å². The molecule has 1 aliphatic heterocycles. The number of hydrogen-bond acceptors (Lipinski definition) is 5. The molecule has 1 rings (SSSR count). The highest BCUT2D eigenvalue weighted by molar-refractivity contribution is 7.89. The molecule has 1 aliphatic rings. The summed E-state index contributed by atoms with van der Waals surface area (Å²) in [4.78, 5) is 6.96. The van der Waals surface area contributed by atoms with Crippen LogP contribution in [0, 0.1) is 0 Å². The van der Waals surface area contributed by atoms with E-state index in [2.05, 4.69) is 25.2 Å². The molecule has 0 radical (unpaired) electrons. The molecule has 0 amide bonds. The third-order valence-electron chi connectivity index (χ3n) is 3.70. The lowest BCUT2D eigenvalue weighted by molar-refractivity contribution is 0.0377. The van der Waals surface area contributed by atoms with Gasteiger partial charge in [0.05, 0.1) is 19.0 Å². The molecule has 0 saturated carbocycles. The minimum absolute atomic E-state index is 0.119. The van der Waals surface area contributed by atoms with Crippen LogP contribution in [-0.2, 0) is 14.8 Å². The van der Waals surface area contributed by atoms with E-state index in [4.69, 9.17) is 4.74 Å². The van der Waals surface area contributed by atoms with E-state index in [-0.39, 0.29) is 5.75 Å². The number of ether oxygens (including phenoxy) is 1. The molecule has 0 aromatic rings. The molecule has 8 nitrogen and oxygen atoms in total. The van der Waals surface area contributed by atoms with Crippen LogP contribution in [0.25, 0.3) is 0 Å². The van der Waals surface area contributed by atoms with E-state index in [9.17, 15) is 8.42 Å². The van der Waals surface area contributed by atoms with Crippen LogP contribution < -0.4 is 15.4 Å². The predicted molar refractivity (Wildman–Crippen MR) is 97.9 cm³/mol. The van der Waals surface area contributed by atoms with Gasteiger partial charge in [0.1, 0.15) is 0 Å². The van der Waals surface area contributed by atoms with E-state index in [1.54, 1.807) is 6.92 Å². The monoisotopic (exact) mass is 363 g/mol. The summed E-state index contributed by atoms with van der Waals surface area (Å²) in [5.41, 5.74) is 0. The summed E-state index contributed by atoms with van der Waals surface area (Å²) in [6.07, 6.45) is 1.74. The zero-order valence-corrected chi connectivity index (χ0v) is 15.8. The SMILES string of the molecule is CCNC(=NCCCN1CCOCC1)NCCCNS(=O)(=O)CC. The zero-order valence-electron chi connectivity index (χ0n) is 15.0. The summed E-state index contributed by atoms with van der Waals surface area (Å²) in [5, 5.41) is 6.44. The number of aliphatic imine (C=N–C) groups is 1. The summed E-state index contributed by atoms with van der Waals surface area (Å²) in [6.45, 7) is 11.1. The molecule has 1 heterocycles. The fourth-order valence-corrected chi connectivity index (χ4v) is 2.94. The van der Waals surface area contributed by atoms with Crippen molar-refractivity contribution < 1.29 is 13.2 Å². The van der Waals surface area contributed by atoms with Gasteiger partial charge in [-0.25, -0.2) is 13.1 Å². The van der Waals surface area contributed by atoms with Gasteiger partial charge in [0.2, 0.25) is 10.0 Å². The maximum Gasteiger partial charge on any atom is 0.211 e. The lowest BCUT2D eigenvalue weighted by Gasteiger charge is -2.26. The molecule has 1 saturated heterocycles. The van der Waals surface area contributed by atoms with Gasteiger partial charge in [0.15, 0.2) is 5.96 Å². The summed E-state index contributed by atoms with van der Waals surface area (Å²) in [7, 11) is -3.10. The molecule has 9 heteroatoms. The second-order valence-electron chi connectivity index (χ2n) is 5.65. The minimum Gasteiger partial charge on any atom is -0.379 e. The van der Waals surface area contributed by atoms with Crippen LogP contribution in [0.4, 0.5) is 0 Å². The fourth-order valence-electron chi connectivity index (χ4n) is 2.28. The predicted octanol–water partition coefficient (Wildman–Crippen LogP) is -0.407. The lowest BCUT2D eigenvalue weighted by Crippen LogP contribution is -2.39. The van der Waals surface area contributed by atoms with E-state index >= 15 is 0 Å². The number of hydrogen-bond donors (Lipinski definition) is 3. The third kappa shape index (κ3) is 10.1. The number of sulfonamides is 1. The molecule has 0 aromatic carbocycles. The Morgan fingerprint density at radius 2 is 1.88 bits per heavy atom. The maximum atomic E-state index is 11.3. The Kier molecular flexibility index (Phi) is 11.0. The molecule has 0 aromatic heterocycles. The first kappa shape index (κ1) is 21.1. The first-order chi connectivity index (χ1) is 11.6. The van der Waals surface area contributed by atoms with Gasteiger partial charge in [-0.1, -0.05) is 0 Å². The Morgan fingerprint density at radius 1 is 1.12 bits per heavy atom. The Labute approximate surface area is 146 Å². The second-order valence-corrected chi connectivity index (χ2v) is 7.74. The van der Waals surface area contributed by atoms with Crippen molar-refractivity contribution in [2.45, 2.75) is 26.7 Å². The van der Waals surface area contributed by atoms with Crippen molar-refractivity contribution in [1.82, 2.24) is 20.3 Å². The van der Waals surface area contributed by atoms with Gasteiger partial charge < -0.3 is 15.4 Å². The van der Waals surface area contributed by atoms with Crippen LogP contribution in [0.1, 0.15) is 26.7 Å². The lowest BCUT2D eigenvalue weighted by atomic mass is 10.3. The molecule has 0 aliphatic carbocycles. The van der Waals surface area contributed by atoms with Crippen molar-refractivity contribution in [1.29, 1.82) is 0 Å². The Morgan fingerprint density at radius 3 is 2.54 bits per heavy atom. The average molecular weight is 364 g/mol. The highest BCUT2D eigenvalue weighted by Gasteiger charge is 2.09. The molecule has 1 fully saturated rings. The highest BCUT2D eigenvalue weighted by Crippen LogP contribution is 1.98. The standard InChI is InChI=1S/C15H33N5O3S/c1-3-16-15(17-7-5-9-19-24(21,22)4-2)18-8-6-10-20-11-13-23-14-12-20/h19H,3-14H2,1-2H3,(H2,16,17,18). The molecule has 0 unspecified atom stereocenters. The van der Waals surface area contributed by atoms with Crippen LogP contribution in [0.5, 0.6) is 0 Å². The first-order valence-corrected chi connectivity index (χ1v) is 10.5. The van der Waals surface area contributed by atoms with Crippen LogP contribution in [0.2, 0.25) is 0 Å². The van der Waals surface area contributed by atoms with Crippen molar-refractivity contribution in [2.24, 2.45) is 4.99 Å². The van der Waals surface area contributed by atoms with Gasteiger partial charge in [-0.2, -0.15) is 0 Å². The summed E-state index contributed by atoms with van der Waals surface area (Å²) < 4.78 is 30.5. The smallest absolute Gasteiger partial charge is 0.211 e. The Bertz CT molecular complexity index is 450. The van der Waals surface area contributed by atoms with Crippen LogP contribution in [0.3, 0.4) is 0 Å². The summed E-state index contributed by atoms with van der Waals surface area (Å²) in [6, 6.07) is 0. The zero-order chi connectivity index (χ0) is 17.7. The molecule has 0 bridgehead atoms. The normalized spacial score (nSPS) is 17.0. The first-order valence-electron chi connectivity index (χ1n) is 8.87. The van der Waals surface area contributed by atoms with E-state index in [0.29, 0.717) is 13.1 Å². The molecule has 0 atom stereocenters. The van der Waals surface area contributed by atoms with Crippen LogP contribution in [-0.4, -0.2) is 84.1 Å². The van der Waals surface area contributed by atoms with E-state index in [1.807, 2.05) is 6.92 Å². The number of morpholine rings is 1. The van der Waals surface area contributed by atoms with Crippen molar-refractivity contribution in [3.63, 3.8) is 0 Å². The van der Waals surface area contributed by atoms with Crippen molar-refractivity contribution >= 4 is 16.0 Å². The number of guanidine groups is 1. The van der Waals surface area contributed by atoms with Crippen molar-refractivity contribution in [2.75, 3.05) is 64.8 Å². The van der Waals surface area contributed by atoms with Gasteiger partial charge in [0, 0.05) is 45.8 Å². The van der Waals surface area contributed by atoms with Gasteiger partial charge in [-0.05, 0) is 26.7 Å². The van der Waals surface area contributed by atoms with E-state index in [1.165, 1.54) is 0 Å². The third-order valence-corrected chi connectivity index (χ3v) is 5.10. The quantitative estimate of drug-likeness (QED) is 0.263. The average Bonchev–Trinajstić information content (AvgIpc) is 2.59. The topological polar surface area (TPSA) is 95.1 Å². The summed E-state index contributed by atoms with van der Waals surface area (Å²) in [5.74, 6) is 0.908. The highest BCUT2D eigenvalue weighted by atomic mass is 32.2. The molecule has 142 valence electrons. The van der Waals surface area contributed by atoms with Gasteiger partial charge in [-0.15, -0.1) is 0 Å². The number of nitrogens with one attached hydrogen (secondary N) is 3. The number of rotatable bonds is 11. The molecule has 3 N–H and O–H groups in total. The van der Waals surface area contributed by atoms with Crippen LogP contribution >= 0.6 is 0 Å². The fraction of sp³-hybridized carbons (Fsp3) is 0.933. The second kappa shape index (κ2) is 12.5. The van der Waals surface area contributed by atoms with Crippen LogP contribution in [0.15, 0.2) is 4.99 Å². The Balaban J connectivity index is 2.17. The van der Waals surface area contributed by atoms with Crippen molar-refractivity contribution in [3.05, 3.63) is 0 Å². The molecular weight excluding hydrogens is 330 g/mol. The molecular formula is C15H33N5O3S. The van der Waals surface area contributed by atoms with E-state index in [0.717, 1.165) is 64.7 Å². The summed E-state index contributed by atoms with van der Waals surface area (Å²) >= 11 is 0. The van der Waals surface area contributed by atoms with Gasteiger partial charge in [0.25, 0.3) is 0 Å². The molecule has 0 spiro atoms. The minimum atomic E-state index is -3.10. The Hall–Kier alpha value is -0.900.